The van der Waals surface area contributed by atoms with Gasteiger partial charge in [0.25, 0.3) is 11.8 Å². The monoisotopic (exact) mass is 478 g/mol. The summed E-state index contributed by atoms with van der Waals surface area (Å²) < 4.78 is 0. The third-order valence-corrected chi connectivity index (χ3v) is 9.10. The van der Waals surface area contributed by atoms with Gasteiger partial charge < -0.3 is 5.11 Å². The molecule has 0 aromatic heterocycles. The molecule has 34 heavy (non-hydrogen) atoms. The molecule has 2 heterocycles. The van der Waals surface area contributed by atoms with E-state index in [1.807, 2.05) is 30.3 Å². The fraction of sp³-hybridized carbons (Fsp3) is 0.500. The van der Waals surface area contributed by atoms with E-state index in [9.17, 15) is 14.7 Å². The maximum absolute atomic E-state index is 13.3. The average Bonchev–Trinajstić information content (AvgIpc) is 3.11. The van der Waals surface area contributed by atoms with Crippen LogP contribution in [0.3, 0.4) is 0 Å². The van der Waals surface area contributed by atoms with E-state index >= 15 is 0 Å². The van der Waals surface area contributed by atoms with Crippen LogP contribution in [0.5, 0.6) is 0 Å². The normalized spacial score (nSPS) is 26.8. The van der Waals surface area contributed by atoms with Crippen molar-refractivity contribution >= 4 is 23.6 Å². The summed E-state index contributed by atoms with van der Waals surface area (Å²) in [6, 6.07) is 16.8. The maximum Gasteiger partial charge on any atom is 0.261 e. The Hall–Kier alpha value is -2.15. The number of hydrogen-bond donors (Lipinski definition) is 1. The summed E-state index contributed by atoms with van der Waals surface area (Å²) in [4.78, 5) is 31.3. The van der Waals surface area contributed by atoms with E-state index in [4.69, 9.17) is 0 Å². The highest BCUT2D eigenvalue weighted by Gasteiger charge is 2.44. The number of nitrogens with zero attached hydrogens (tertiary/aromatic N) is 2. The number of benzene rings is 2. The Balaban J connectivity index is 1.36. The summed E-state index contributed by atoms with van der Waals surface area (Å²) in [6.45, 7) is 3.74. The minimum atomic E-state index is -0.805. The minimum absolute atomic E-state index is 0.294. The summed E-state index contributed by atoms with van der Waals surface area (Å²) >= 11 is 1.58. The molecule has 180 valence electrons. The van der Waals surface area contributed by atoms with E-state index in [0.717, 1.165) is 17.4 Å². The number of rotatable bonds is 7. The predicted octanol–water partition coefficient (Wildman–Crippen LogP) is 4.71. The number of piperidine rings is 1. The Labute approximate surface area is 206 Å². The predicted molar refractivity (Wildman–Crippen MR) is 135 cm³/mol. The molecule has 0 radical (unpaired) electrons. The van der Waals surface area contributed by atoms with Crippen LogP contribution in [0.1, 0.15) is 59.7 Å². The number of β-amino-alcohol motifs (C(OH)–C–C–N with tert-alkyl or cyclic N) is 1. The fourth-order valence-electron chi connectivity index (χ4n) is 6.09. The van der Waals surface area contributed by atoms with Gasteiger partial charge in [0.15, 0.2) is 0 Å². The van der Waals surface area contributed by atoms with Crippen molar-refractivity contribution in [1.29, 1.82) is 0 Å². The minimum Gasteiger partial charge on any atom is -0.390 e. The molecule has 5 rings (SSSR count). The zero-order chi connectivity index (χ0) is 23.7. The Bertz CT molecular complexity index is 994. The highest BCUT2D eigenvalue weighted by molar-refractivity contribution is 7.99. The van der Waals surface area contributed by atoms with E-state index < -0.39 is 12.1 Å². The van der Waals surface area contributed by atoms with Crippen molar-refractivity contribution < 1.29 is 14.7 Å². The van der Waals surface area contributed by atoms with Crippen LogP contribution in [0.15, 0.2) is 59.5 Å². The van der Waals surface area contributed by atoms with E-state index in [1.54, 1.807) is 36.0 Å². The van der Waals surface area contributed by atoms with Crippen LogP contribution in [0.25, 0.3) is 0 Å². The first-order valence-corrected chi connectivity index (χ1v) is 13.6. The van der Waals surface area contributed by atoms with E-state index in [-0.39, 0.29) is 11.8 Å². The number of carbonyl (C=O) groups excluding carboxylic acids is 2. The number of aliphatic hydroxyl groups is 1. The second-order valence-electron chi connectivity index (χ2n) is 10.1. The van der Waals surface area contributed by atoms with Crippen LogP contribution < -0.4 is 0 Å². The molecule has 2 fully saturated rings. The van der Waals surface area contributed by atoms with E-state index in [1.165, 1.54) is 37.0 Å². The molecular formula is C28H34N2O3S. The second-order valence-corrected chi connectivity index (χ2v) is 11.2. The van der Waals surface area contributed by atoms with Gasteiger partial charge in [0.2, 0.25) is 0 Å². The van der Waals surface area contributed by atoms with Gasteiger partial charge in [-0.15, -0.1) is 11.8 Å². The maximum atomic E-state index is 13.3. The molecule has 6 heteroatoms. The van der Waals surface area contributed by atoms with Crippen LogP contribution >= 0.6 is 11.8 Å². The Morgan fingerprint density at radius 3 is 2.24 bits per heavy atom. The standard InChI is InChI=1S/C28H34N2O3S/c1-19-15-20-9-5-6-10-21(20)16-29(19)17-26(31)25(18-34-22-11-3-2-4-12-22)30-27(32)23-13-7-8-14-24(23)28(30)33/h2-4,7-8,11-14,19-21,25-26,31H,5-6,9-10,15-18H2,1H3/t19-,20+,21-,25+,26-/m1/s1. The molecule has 2 aromatic rings. The number of imide groups is 1. The van der Waals surface area contributed by atoms with Crippen molar-refractivity contribution in [2.24, 2.45) is 11.8 Å². The first kappa shape index (κ1) is 23.6. The van der Waals surface area contributed by atoms with Crippen LogP contribution in [0, 0.1) is 11.8 Å². The zero-order valence-corrected chi connectivity index (χ0v) is 20.6. The van der Waals surface area contributed by atoms with Crippen molar-refractivity contribution in [2.75, 3.05) is 18.8 Å². The lowest BCUT2D eigenvalue weighted by atomic mass is 9.73. The van der Waals surface area contributed by atoms with Gasteiger partial charge in [-0.2, -0.15) is 0 Å². The lowest BCUT2D eigenvalue weighted by Crippen LogP contribution is -2.55. The van der Waals surface area contributed by atoms with E-state index in [2.05, 4.69) is 11.8 Å². The summed E-state index contributed by atoms with van der Waals surface area (Å²) in [5.41, 5.74) is 0.872. The molecule has 1 saturated heterocycles. The highest BCUT2D eigenvalue weighted by atomic mass is 32.2. The molecule has 0 bridgehead atoms. The SMILES string of the molecule is C[C@@H]1C[C@@H]2CCCC[C@@H]2CN1C[C@@H](O)[C@H](CSc1ccccc1)N1C(=O)c2ccccc2C1=O. The summed E-state index contributed by atoms with van der Waals surface area (Å²) in [5.74, 6) is 1.38. The molecule has 5 atom stereocenters. The Kier molecular flexibility index (Phi) is 7.09. The molecule has 1 saturated carbocycles. The summed E-state index contributed by atoms with van der Waals surface area (Å²) in [7, 11) is 0. The summed E-state index contributed by atoms with van der Waals surface area (Å²) in [5, 5.41) is 11.5. The number of likely N-dealkylation sites (tertiary alicyclic amines) is 1. The van der Waals surface area contributed by atoms with Crippen molar-refractivity contribution in [2.45, 2.75) is 62.1 Å². The third kappa shape index (κ3) is 4.68. The lowest BCUT2D eigenvalue weighted by molar-refractivity contribution is -0.00785. The number of amides is 2. The summed E-state index contributed by atoms with van der Waals surface area (Å²) in [6.07, 6.45) is 5.62. The van der Waals surface area contributed by atoms with Gasteiger partial charge in [0.1, 0.15) is 0 Å². The number of carbonyl (C=O) groups is 2. The van der Waals surface area contributed by atoms with Gasteiger partial charge in [-0.25, -0.2) is 0 Å². The van der Waals surface area contributed by atoms with Gasteiger partial charge in [-0.3, -0.25) is 19.4 Å². The molecular weight excluding hydrogens is 444 g/mol. The molecule has 2 aliphatic heterocycles. The Morgan fingerprint density at radius 1 is 0.941 bits per heavy atom. The van der Waals surface area contributed by atoms with Gasteiger partial charge in [-0.05, 0) is 55.9 Å². The van der Waals surface area contributed by atoms with Gasteiger partial charge in [0.05, 0.1) is 23.3 Å². The van der Waals surface area contributed by atoms with Crippen LogP contribution in [-0.2, 0) is 0 Å². The first-order valence-electron chi connectivity index (χ1n) is 12.6. The molecule has 2 aromatic carbocycles. The van der Waals surface area contributed by atoms with Gasteiger partial charge >= 0.3 is 0 Å². The number of fused-ring (bicyclic) bond motifs is 2. The van der Waals surface area contributed by atoms with Crippen molar-refractivity contribution in [3.8, 4) is 0 Å². The third-order valence-electron chi connectivity index (χ3n) is 7.99. The first-order chi connectivity index (χ1) is 16.5. The fourth-order valence-corrected chi connectivity index (χ4v) is 7.17. The molecule has 5 nitrogen and oxygen atoms in total. The van der Waals surface area contributed by atoms with Gasteiger partial charge in [-0.1, -0.05) is 49.6 Å². The van der Waals surface area contributed by atoms with Gasteiger partial charge in [0, 0.05) is 29.8 Å². The van der Waals surface area contributed by atoms with Crippen LogP contribution in [0.4, 0.5) is 0 Å². The van der Waals surface area contributed by atoms with E-state index in [0.29, 0.717) is 35.4 Å². The van der Waals surface area contributed by atoms with Crippen molar-refractivity contribution in [1.82, 2.24) is 9.80 Å². The second kappa shape index (κ2) is 10.2. The largest absolute Gasteiger partial charge is 0.390 e. The number of thioether (sulfide) groups is 1. The molecule has 2 amide bonds. The molecule has 3 aliphatic rings. The molecule has 0 spiro atoms. The number of aliphatic hydroxyl groups excluding tert-OH is 1. The van der Waals surface area contributed by atoms with Crippen LogP contribution in [0.2, 0.25) is 0 Å². The van der Waals surface area contributed by atoms with Crippen molar-refractivity contribution in [3.63, 3.8) is 0 Å². The molecule has 1 N–H and O–H groups in total. The van der Waals surface area contributed by atoms with Crippen molar-refractivity contribution in [3.05, 3.63) is 65.7 Å². The Morgan fingerprint density at radius 2 is 1.56 bits per heavy atom. The lowest BCUT2D eigenvalue weighted by Gasteiger charge is -2.46. The zero-order valence-electron chi connectivity index (χ0n) is 19.8. The smallest absolute Gasteiger partial charge is 0.261 e. The molecule has 1 aliphatic carbocycles. The highest BCUT2D eigenvalue weighted by Crippen LogP contribution is 2.39. The quantitative estimate of drug-likeness (QED) is 0.462. The topological polar surface area (TPSA) is 60.9 Å². The number of hydrogen-bond acceptors (Lipinski definition) is 5. The average molecular weight is 479 g/mol. The molecule has 0 unspecified atom stereocenters. The van der Waals surface area contributed by atoms with Crippen LogP contribution in [-0.4, -0.2) is 63.8 Å².